The van der Waals surface area contributed by atoms with Crippen molar-refractivity contribution in [3.63, 3.8) is 0 Å². The van der Waals surface area contributed by atoms with Crippen molar-refractivity contribution in [3.05, 3.63) is 64.1 Å². The number of hydrogen-bond donors (Lipinski definition) is 2. The number of phenolic OH excluding ortho intramolecular Hbond substituents is 1. The topological polar surface area (TPSA) is 94.7 Å². The summed E-state index contributed by atoms with van der Waals surface area (Å²) in [6, 6.07) is 11.7. The van der Waals surface area contributed by atoms with E-state index in [1.54, 1.807) is 30.5 Å². The lowest BCUT2D eigenvalue weighted by Gasteiger charge is -2.41. The summed E-state index contributed by atoms with van der Waals surface area (Å²) in [4.78, 5) is 4.26. The highest BCUT2D eigenvalue weighted by atomic mass is 79.9. The van der Waals surface area contributed by atoms with Gasteiger partial charge >= 0.3 is 0 Å². The lowest BCUT2D eigenvalue weighted by Crippen LogP contribution is -2.42. The Hall–Kier alpha value is -3.05. The predicted molar refractivity (Wildman–Crippen MR) is 110 cm³/mol. The Morgan fingerprint density at radius 2 is 2.07 bits per heavy atom. The molecule has 0 unspecified atom stereocenters. The summed E-state index contributed by atoms with van der Waals surface area (Å²) in [5.74, 6) is 0.130. The second kappa shape index (κ2) is 7.76. The average Bonchev–Trinajstić information content (AvgIpc) is 2.70. The Balaban J connectivity index is 1.53. The largest absolute Gasteiger partial charge is 0.506 e. The van der Waals surface area contributed by atoms with Gasteiger partial charge < -0.3 is 10.4 Å². The van der Waals surface area contributed by atoms with Crippen LogP contribution in [-0.2, 0) is 5.41 Å². The van der Waals surface area contributed by atoms with Crippen molar-refractivity contribution in [2.75, 3.05) is 11.9 Å². The molecule has 3 aromatic rings. The number of hydrogen-bond acceptors (Lipinski definition) is 6. The fourth-order valence-corrected chi connectivity index (χ4v) is 4.04. The van der Waals surface area contributed by atoms with Crippen LogP contribution in [-0.4, -0.2) is 26.8 Å². The van der Waals surface area contributed by atoms with Crippen LogP contribution in [0.3, 0.4) is 0 Å². The molecule has 146 valence electrons. The van der Waals surface area contributed by atoms with Crippen molar-refractivity contribution >= 4 is 21.7 Å². The summed E-state index contributed by atoms with van der Waals surface area (Å²) in [6.07, 6.45) is 4.38. The number of nitriles is 1. The van der Waals surface area contributed by atoms with Gasteiger partial charge in [-0.05, 0) is 49.2 Å². The van der Waals surface area contributed by atoms with E-state index in [4.69, 9.17) is 5.26 Å². The highest BCUT2D eigenvalue weighted by molar-refractivity contribution is 9.10. The van der Waals surface area contributed by atoms with Crippen LogP contribution >= 0.6 is 15.9 Å². The van der Waals surface area contributed by atoms with E-state index in [0.29, 0.717) is 33.8 Å². The molecule has 0 saturated heterocycles. The number of nitrogens with one attached hydrogen (secondary N) is 1. The molecule has 8 heteroatoms. The molecule has 4 rings (SSSR count). The second-order valence-electron chi connectivity index (χ2n) is 7.09. The van der Waals surface area contributed by atoms with Crippen molar-refractivity contribution in [1.82, 2.24) is 15.2 Å². The van der Waals surface area contributed by atoms with Crippen LogP contribution in [0.15, 0.2) is 47.1 Å². The van der Waals surface area contributed by atoms with Gasteiger partial charge in [-0.25, -0.2) is 4.39 Å². The van der Waals surface area contributed by atoms with E-state index >= 15 is 0 Å². The fourth-order valence-electron chi connectivity index (χ4n) is 3.59. The first kappa shape index (κ1) is 19.3. The zero-order valence-electron chi connectivity index (χ0n) is 15.4. The summed E-state index contributed by atoms with van der Waals surface area (Å²) >= 11 is 3.33. The fraction of sp³-hybridized carbons (Fsp3) is 0.238. The highest BCUT2D eigenvalue weighted by Gasteiger charge is 2.41. The quantitative estimate of drug-likeness (QED) is 0.588. The van der Waals surface area contributed by atoms with Crippen LogP contribution in [0.5, 0.6) is 5.75 Å². The molecule has 1 aliphatic rings. The Bertz CT molecular complexity index is 1090. The number of rotatable bonds is 5. The smallest absolute Gasteiger partial charge is 0.148 e. The monoisotopic (exact) mass is 453 g/mol. The van der Waals surface area contributed by atoms with Gasteiger partial charge in [0, 0.05) is 28.2 Å². The van der Waals surface area contributed by atoms with Gasteiger partial charge in [0.2, 0.25) is 0 Å². The lowest BCUT2D eigenvalue weighted by atomic mass is 9.66. The summed E-state index contributed by atoms with van der Waals surface area (Å²) in [7, 11) is 0. The first-order chi connectivity index (χ1) is 14.0. The summed E-state index contributed by atoms with van der Waals surface area (Å²) < 4.78 is 14.9. The minimum absolute atomic E-state index is 0.134. The predicted octanol–water partition coefficient (Wildman–Crippen LogP) is 4.55. The van der Waals surface area contributed by atoms with Gasteiger partial charge in [0.15, 0.2) is 0 Å². The molecular weight excluding hydrogens is 437 g/mol. The third kappa shape index (κ3) is 3.66. The first-order valence-corrected chi connectivity index (χ1v) is 9.93. The Morgan fingerprint density at radius 1 is 1.24 bits per heavy atom. The minimum atomic E-state index is -0.337. The molecule has 2 aromatic heterocycles. The van der Waals surface area contributed by atoms with E-state index in [0.717, 1.165) is 19.3 Å². The highest BCUT2D eigenvalue weighted by Crippen LogP contribution is 2.43. The maximum atomic E-state index is 14.2. The normalized spacial score (nSPS) is 14.7. The Kier molecular flexibility index (Phi) is 5.16. The summed E-state index contributed by atoms with van der Waals surface area (Å²) in [5, 5.41) is 31.0. The van der Waals surface area contributed by atoms with Crippen LogP contribution in [0.2, 0.25) is 0 Å². The molecule has 0 bridgehead atoms. The number of anilines is 1. The molecule has 6 nitrogen and oxygen atoms in total. The van der Waals surface area contributed by atoms with Gasteiger partial charge in [-0.15, -0.1) is 10.2 Å². The van der Waals surface area contributed by atoms with E-state index in [9.17, 15) is 9.50 Å². The average molecular weight is 454 g/mol. The van der Waals surface area contributed by atoms with Gasteiger partial charge in [-0.1, -0.05) is 22.4 Å². The van der Waals surface area contributed by atoms with Crippen LogP contribution in [0.4, 0.5) is 10.2 Å². The van der Waals surface area contributed by atoms with Gasteiger partial charge in [0.25, 0.3) is 0 Å². The Labute approximate surface area is 175 Å². The van der Waals surface area contributed by atoms with Crippen LogP contribution < -0.4 is 5.32 Å². The molecular formula is C21H17BrFN5O. The van der Waals surface area contributed by atoms with Crippen LogP contribution in [0, 0.1) is 17.1 Å². The minimum Gasteiger partial charge on any atom is -0.506 e. The molecule has 1 fully saturated rings. The number of aromatic hydroxyl groups is 1. The molecule has 1 saturated carbocycles. The van der Waals surface area contributed by atoms with Gasteiger partial charge in [-0.2, -0.15) is 5.26 Å². The van der Waals surface area contributed by atoms with Crippen molar-refractivity contribution in [3.8, 4) is 23.1 Å². The number of aromatic nitrogens is 3. The molecule has 1 aromatic carbocycles. The maximum Gasteiger partial charge on any atom is 0.148 e. The van der Waals surface area contributed by atoms with E-state index in [2.05, 4.69) is 36.4 Å². The van der Waals surface area contributed by atoms with Gasteiger partial charge in [0.1, 0.15) is 23.5 Å². The summed E-state index contributed by atoms with van der Waals surface area (Å²) in [6.45, 7) is 0.510. The number of phenols is 1. The number of benzene rings is 1. The molecule has 2 N–H and O–H groups in total. The molecule has 0 radical (unpaired) electrons. The molecule has 2 heterocycles. The van der Waals surface area contributed by atoms with E-state index in [1.165, 1.54) is 12.1 Å². The van der Waals surface area contributed by atoms with E-state index < -0.39 is 0 Å². The summed E-state index contributed by atoms with van der Waals surface area (Å²) in [5.41, 5.74) is 1.17. The standard InChI is InChI=1S/C21H17BrFN5O/c22-14-9-13(11-24)19(29)15(10-14)17-4-5-18(28-27-17)26-12-21(6-2-7-21)20-16(23)3-1-8-25-20/h1,3-5,8-10,29H,2,6-7,12H2,(H,26,28). The Morgan fingerprint density at radius 3 is 2.69 bits per heavy atom. The SMILES string of the molecule is N#Cc1cc(Br)cc(-c2ccc(NCC3(c4ncccc4F)CCC3)nn2)c1O. The van der Waals surface area contributed by atoms with Crippen molar-refractivity contribution in [2.45, 2.75) is 24.7 Å². The number of halogens is 2. The molecule has 1 aliphatic carbocycles. The van der Waals surface area contributed by atoms with E-state index in [-0.39, 0.29) is 22.5 Å². The molecule has 29 heavy (non-hydrogen) atoms. The van der Waals surface area contributed by atoms with Gasteiger partial charge in [0.05, 0.1) is 17.0 Å². The molecule has 0 amide bonds. The number of pyridine rings is 1. The molecule has 0 aliphatic heterocycles. The van der Waals surface area contributed by atoms with Crippen LogP contribution in [0.1, 0.15) is 30.5 Å². The molecule has 0 spiro atoms. The third-order valence-corrected chi connectivity index (χ3v) is 5.77. The van der Waals surface area contributed by atoms with Crippen LogP contribution in [0.25, 0.3) is 11.3 Å². The number of nitrogens with zero attached hydrogens (tertiary/aromatic N) is 4. The zero-order valence-corrected chi connectivity index (χ0v) is 16.9. The molecule has 0 atom stereocenters. The maximum absolute atomic E-state index is 14.2. The lowest BCUT2D eigenvalue weighted by molar-refractivity contribution is 0.243. The van der Waals surface area contributed by atoms with Crippen molar-refractivity contribution < 1.29 is 9.50 Å². The van der Waals surface area contributed by atoms with Crippen molar-refractivity contribution in [1.29, 1.82) is 5.26 Å². The third-order valence-electron chi connectivity index (χ3n) is 5.32. The zero-order chi connectivity index (χ0) is 20.4. The van der Waals surface area contributed by atoms with Gasteiger partial charge in [-0.3, -0.25) is 4.98 Å². The second-order valence-corrected chi connectivity index (χ2v) is 8.00. The van der Waals surface area contributed by atoms with Crippen molar-refractivity contribution in [2.24, 2.45) is 0 Å². The van der Waals surface area contributed by atoms with E-state index in [1.807, 2.05) is 6.07 Å². The first-order valence-electron chi connectivity index (χ1n) is 9.14.